The predicted octanol–water partition coefficient (Wildman–Crippen LogP) is 3.38. The SMILES string of the molecule is Cc1nc(-c2ccc(N3CC(C)(C)OC4(CCCC4)C3)nc2)[nH]c(=O)c1C. The van der Waals surface area contributed by atoms with Gasteiger partial charge in [0, 0.05) is 36.1 Å². The number of H-pyrrole nitrogens is 1. The summed E-state index contributed by atoms with van der Waals surface area (Å²) in [7, 11) is 0. The normalized spacial score (nSPS) is 21.0. The van der Waals surface area contributed by atoms with Gasteiger partial charge in [-0.2, -0.15) is 0 Å². The first-order chi connectivity index (χ1) is 12.8. The third kappa shape index (κ3) is 3.50. The first-order valence-electron chi connectivity index (χ1n) is 9.76. The lowest BCUT2D eigenvalue weighted by molar-refractivity contribution is -0.148. The van der Waals surface area contributed by atoms with Crippen LogP contribution in [0, 0.1) is 13.8 Å². The molecule has 0 radical (unpaired) electrons. The summed E-state index contributed by atoms with van der Waals surface area (Å²) in [5, 5.41) is 0. The Morgan fingerprint density at radius 3 is 2.52 bits per heavy atom. The summed E-state index contributed by atoms with van der Waals surface area (Å²) in [5.74, 6) is 1.52. The van der Waals surface area contributed by atoms with Gasteiger partial charge in [-0.05, 0) is 52.7 Å². The van der Waals surface area contributed by atoms with E-state index in [1.807, 2.05) is 19.1 Å². The fourth-order valence-corrected chi connectivity index (χ4v) is 4.45. The maximum Gasteiger partial charge on any atom is 0.254 e. The average molecular weight is 368 g/mol. The van der Waals surface area contributed by atoms with Crippen LogP contribution in [0.4, 0.5) is 5.82 Å². The molecule has 27 heavy (non-hydrogen) atoms. The fraction of sp³-hybridized carbons (Fsp3) is 0.571. The molecule has 1 aliphatic carbocycles. The number of aromatic nitrogens is 3. The molecule has 2 fully saturated rings. The summed E-state index contributed by atoms with van der Waals surface area (Å²) < 4.78 is 6.49. The highest BCUT2D eigenvalue weighted by atomic mass is 16.5. The monoisotopic (exact) mass is 368 g/mol. The van der Waals surface area contributed by atoms with Crippen molar-refractivity contribution in [3.05, 3.63) is 39.9 Å². The van der Waals surface area contributed by atoms with Crippen LogP contribution in [0.2, 0.25) is 0 Å². The summed E-state index contributed by atoms with van der Waals surface area (Å²) in [6.07, 6.45) is 6.52. The lowest BCUT2D eigenvalue weighted by Crippen LogP contribution is -2.59. The van der Waals surface area contributed by atoms with Crippen LogP contribution >= 0.6 is 0 Å². The molecule has 2 aromatic heterocycles. The number of hydrogen-bond donors (Lipinski definition) is 1. The molecule has 2 aromatic rings. The molecule has 6 heteroatoms. The van der Waals surface area contributed by atoms with E-state index in [-0.39, 0.29) is 16.8 Å². The molecule has 1 N–H and O–H groups in total. The number of aromatic amines is 1. The molecule has 1 saturated carbocycles. The lowest BCUT2D eigenvalue weighted by atomic mass is 9.94. The molecule has 6 nitrogen and oxygen atoms in total. The van der Waals surface area contributed by atoms with Gasteiger partial charge in [0.1, 0.15) is 11.6 Å². The van der Waals surface area contributed by atoms with Gasteiger partial charge in [0.15, 0.2) is 0 Å². The third-order valence-corrected chi connectivity index (χ3v) is 5.80. The molecule has 1 aliphatic heterocycles. The van der Waals surface area contributed by atoms with E-state index in [0.717, 1.165) is 43.0 Å². The summed E-state index contributed by atoms with van der Waals surface area (Å²) in [5.41, 5.74) is 1.89. The summed E-state index contributed by atoms with van der Waals surface area (Å²) in [4.78, 5) is 26.4. The number of aryl methyl sites for hydroxylation is 1. The summed E-state index contributed by atoms with van der Waals surface area (Å²) >= 11 is 0. The second-order valence-corrected chi connectivity index (χ2v) is 8.64. The van der Waals surface area contributed by atoms with E-state index >= 15 is 0 Å². The van der Waals surface area contributed by atoms with Crippen molar-refractivity contribution >= 4 is 5.82 Å². The Balaban J connectivity index is 1.61. The Morgan fingerprint density at radius 1 is 1.15 bits per heavy atom. The van der Waals surface area contributed by atoms with Crippen molar-refractivity contribution in [3.8, 4) is 11.4 Å². The van der Waals surface area contributed by atoms with Gasteiger partial charge >= 0.3 is 0 Å². The van der Waals surface area contributed by atoms with Gasteiger partial charge in [-0.15, -0.1) is 0 Å². The van der Waals surface area contributed by atoms with Crippen LogP contribution in [-0.4, -0.2) is 39.2 Å². The minimum atomic E-state index is -0.191. The number of nitrogens with one attached hydrogen (secondary N) is 1. The number of morpholine rings is 1. The predicted molar refractivity (Wildman–Crippen MR) is 106 cm³/mol. The topological polar surface area (TPSA) is 71.1 Å². The summed E-state index contributed by atoms with van der Waals surface area (Å²) in [6, 6.07) is 4.01. The number of nitrogens with zero attached hydrogens (tertiary/aromatic N) is 3. The second-order valence-electron chi connectivity index (χ2n) is 8.64. The van der Waals surface area contributed by atoms with Crippen LogP contribution in [0.25, 0.3) is 11.4 Å². The maximum atomic E-state index is 12.0. The van der Waals surface area contributed by atoms with Crippen molar-refractivity contribution in [2.75, 3.05) is 18.0 Å². The fourth-order valence-electron chi connectivity index (χ4n) is 4.45. The Morgan fingerprint density at radius 2 is 1.89 bits per heavy atom. The number of hydrogen-bond acceptors (Lipinski definition) is 5. The highest BCUT2D eigenvalue weighted by Crippen LogP contribution is 2.41. The molecule has 0 unspecified atom stereocenters. The Bertz CT molecular complexity index is 895. The third-order valence-electron chi connectivity index (χ3n) is 5.80. The van der Waals surface area contributed by atoms with Crippen LogP contribution in [0.5, 0.6) is 0 Å². The van der Waals surface area contributed by atoms with E-state index in [9.17, 15) is 4.79 Å². The molecule has 0 atom stereocenters. The standard InChI is InChI=1S/C21H28N4O2/c1-14-15(2)23-18(24-19(14)26)16-7-8-17(22-11-16)25-12-20(3,4)27-21(13-25)9-5-6-10-21/h7-8,11H,5-6,9-10,12-13H2,1-4H3,(H,23,24,26). The van der Waals surface area contributed by atoms with Crippen molar-refractivity contribution < 1.29 is 4.74 Å². The number of anilines is 1. The van der Waals surface area contributed by atoms with Gasteiger partial charge in [-0.3, -0.25) is 4.79 Å². The lowest BCUT2D eigenvalue weighted by Gasteiger charge is -2.49. The van der Waals surface area contributed by atoms with Gasteiger partial charge in [0.2, 0.25) is 0 Å². The van der Waals surface area contributed by atoms with Crippen molar-refractivity contribution in [2.24, 2.45) is 0 Å². The van der Waals surface area contributed by atoms with Gasteiger partial charge in [-0.1, -0.05) is 12.8 Å². The number of pyridine rings is 1. The second kappa shape index (κ2) is 6.44. The van der Waals surface area contributed by atoms with E-state index < -0.39 is 0 Å². The van der Waals surface area contributed by atoms with Crippen LogP contribution in [0.3, 0.4) is 0 Å². The highest BCUT2D eigenvalue weighted by molar-refractivity contribution is 5.57. The molecule has 0 bridgehead atoms. The van der Waals surface area contributed by atoms with E-state index in [1.165, 1.54) is 12.8 Å². The molecule has 0 amide bonds. The molecular formula is C21H28N4O2. The summed E-state index contributed by atoms with van der Waals surface area (Å²) in [6.45, 7) is 9.67. The maximum absolute atomic E-state index is 12.0. The molecule has 1 saturated heterocycles. The Labute approximate surface area is 160 Å². The minimum Gasteiger partial charge on any atom is -0.365 e. The van der Waals surface area contributed by atoms with Gasteiger partial charge in [0.05, 0.1) is 11.2 Å². The molecule has 0 aromatic carbocycles. The van der Waals surface area contributed by atoms with Crippen LogP contribution < -0.4 is 10.5 Å². The molecular weight excluding hydrogens is 340 g/mol. The smallest absolute Gasteiger partial charge is 0.254 e. The zero-order valence-electron chi connectivity index (χ0n) is 16.6. The molecule has 3 heterocycles. The number of ether oxygens (including phenoxy) is 1. The molecule has 2 aliphatic rings. The average Bonchev–Trinajstić information content (AvgIpc) is 3.05. The molecule has 4 rings (SSSR count). The van der Waals surface area contributed by atoms with Crippen molar-refractivity contribution in [1.29, 1.82) is 0 Å². The van der Waals surface area contributed by atoms with Gasteiger partial charge in [-0.25, -0.2) is 9.97 Å². The molecule has 1 spiro atoms. The van der Waals surface area contributed by atoms with Crippen molar-refractivity contribution in [1.82, 2.24) is 15.0 Å². The first-order valence-corrected chi connectivity index (χ1v) is 9.76. The van der Waals surface area contributed by atoms with Crippen molar-refractivity contribution in [2.45, 2.75) is 64.6 Å². The van der Waals surface area contributed by atoms with Crippen LogP contribution in [0.15, 0.2) is 23.1 Å². The first kappa shape index (κ1) is 18.2. The minimum absolute atomic E-state index is 0.0387. The Hall–Kier alpha value is -2.21. The van der Waals surface area contributed by atoms with E-state index in [2.05, 4.69) is 33.7 Å². The van der Waals surface area contributed by atoms with E-state index in [4.69, 9.17) is 4.74 Å². The van der Waals surface area contributed by atoms with Crippen LogP contribution in [-0.2, 0) is 4.74 Å². The van der Waals surface area contributed by atoms with E-state index in [0.29, 0.717) is 11.4 Å². The quantitative estimate of drug-likeness (QED) is 0.880. The van der Waals surface area contributed by atoms with E-state index in [1.54, 1.807) is 13.1 Å². The largest absolute Gasteiger partial charge is 0.365 e. The zero-order chi connectivity index (χ0) is 19.2. The number of rotatable bonds is 2. The van der Waals surface area contributed by atoms with Crippen molar-refractivity contribution in [3.63, 3.8) is 0 Å². The van der Waals surface area contributed by atoms with Crippen LogP contribution in [0.1, 0.15) is 50.8 Å². The van der Waals surface area contributed by atoms with Gasteiger partial charge in [0.25, 0.3) is 5.56 Å². The highest BCUT2D eigenvalue weighted by Gasteiger charge is 2.46. The Kier molecular flexibility index (Phi) is 4.34. The zero-order valence-corrected chi connectivity index (χ0v) is 16.6. The van der Waals surface area contributed by atoms with Gasteiger partial charge < -0.3 is 14.6 Å². The molecule has 144 valence electrons.